The second kappa shape index (κ2) is 10.9. The van der Waals surface area contributed by atoms with Gasteiger partial charge in [-0.15, -0.1) is 0 Å². The fourth-order valence-corrected chi connectivity index (χ4v) is 20.8. The van der Waals surface area contributed by atoms with Crippen LogP contribution in [0.25, 0.3) is 0 Å². The number of benzene rings is 4. The van der Waals surface area contributed by atoms with Gasteiger partial charge in [0.2, 0.25) is 0 Å². The van der Waals surface area contributed by atoms with Gasteiger partial charge in [0, 0.05) is 0 Å². The van der Waals surface area contributed by atoms with Crippen LogP contribution < -0.4 is 21.2 Å². The van der Waals surface area contributed by atoms with Crippen molar-refractivity contribution in [1.82, 2.24) is 0 Å². The average Bonchev–Trinajstić information content (AvgIpc) is 2.81. The van der Waals surface area contributed by atoms with E-state index in [9.17, 15) is 0 Å². The van der Waals surface area contributed by atoms with Crippen LogP contribution in [-0.2, 0) is 0 Å². The van der Waals surface area contributed by atoms with Crippen LogP contribution in [0.2, 0.25) is 0 Å². The van der Waals surface area contributed by atoms with Crippen LogP contribution in [0.5, 0.6) is 0 Å². The van der Waals surface area contributed by atoms with Crippen molar-refractivity contribution in [3.63, 3.8) is 0 Å². The fraction of sp³-hybridized carbons (Fsp3) is 0.0400. The van der Waals surface area contributed by atoms with Crippen LogP contribution in [0.4, 0.5) is 0 Å². The van der Waals surface area contributed by atoms with E-state index in [0.717, 1.165) is 0 Å². The van der Waals surface area contributed by atoms with E-state index in [1.54, 1.807) is 0 Å². The van der Waals surface area contributed by atoms with Crippen molar-refractivity contribution >= 4 is 69.1 Å². The summed E-state index contributed by atoms with van der Waals surface area (Å²) in [7, 11) is -0.904. The second-order valence-electron chi connectivity index (χ2n) is 6.50. The molecule has 0 aliphatic rings. The molecule has 4 rings (SSSR count). The standard InChI is InChI=1S/C25H21IP2Se/c26-29-25(27(21-13-5-1-6-14-21)22-15-7-2-8-16-22)28(23-17-9-3-10-18-23)24-19-11-4-12-20-24/h1-20,25H. The Morgan fingerprint density at radius 1 is 0.448 bits per heavy atom. The fourth-order valence-electron chi connectivity index (χ4n) is 3.36. The quantitative estimate of drug-likeness (QED) is 0.150. The number of hydrogen-bond acceptors (Lipinski definition) is 0. The Kier molecular flexibility index (Phi) is 7.94. The van der Waals surface area contributed by atoms with Crippen LogP contribution in [0.3, 0.4) is 0 Å². The van der Waals surface area contributed by atoms with Crippen LogP contribution in [0.1, 0.15) is 0 Å². The molecule has 0 aliphatic heterocycles. The molecule has 0 atom stereocenters. The molecule has 4 aromatic rings. The molecule has 0 unspecified atom stereocenters. The van der Waals surface area contributed by atoms with Crippen LogP contribution in [-0.4, -0.2) is 16.0 Å². The third-order valence-corrected chi connectivity index (χ3v) is 21.3. The zero-order valence-electron chi connectivity index (χ0n) is 15.8. The summed E-state index contributed by atoms with van der Waals surface area (Å²) in [6.45, 7) is 0. The van der Waals surface area contributed by atoms with Crippen molar-refractivity contribution in [1.29, 1.82) is 0 Å². The van der Waals surface area contributed by atoms with Crippen molar-refractivity contribution in [3.05, 3.63) is 121 Å². The molecule has 0 saturated carbocycles. The molecule has 29 heavy (non-hydrogen) atoms. The van der Waals surface area contributed by atoms with Gasteiger partial charge in [0.15, 0.2) is 0 Å². The zero-order valence-corrected chi connectivity index (χ0v) is 21.5. The molecule has 0 aromatic heterocycles. The van der Waals surface area contributed by atoms with E-state index in [2.05, 4.69) is 142 Å². The third kappa shape index (κ3) is 5.19. The van der Waals surface area contributed by atoms with E-state index in [-0.39, 0.29) is 0 Å². The summed E-state index contributed by atoms with van der Waals surface area (Å²) in [6.07, 6.45) is 0. The molecule has 0 fully saturated rings. The second-order valence-corrected chi connectivity index (χ2v) is 17.1. The summed E-state index contributed by atoms with van der Waals surface area (Å²) in [5.41, 5.74) is 0. The molecule has 4 heteroatoms. The first kappa shape index (κ1) is 21.2. The molecular weight excluding hydrogens is 568 g/mol. The minimum absolute atomic E-state index is 0.452. The van der Waals surface area contributed by atoms with Crippen molar-refractivity contribution < 1.29 is 0 Å². The van der Waals surface area contributed by atoms with Gasteiger partial charge in [0.1, 0.15) is 0 Å². The summed E-state index contributed by atoms with van der Waals surface area (Å²) in [5.74, 6) is 0. The molecule has 4 aromatic carbocycles. The van der Waals surface area contributed by atoms with Gasteiger partial charge in [-0.2, -0.15) is 0 Å². The summed E-state index contributed by atoms with van der Waals surface area (Å²) < 4.78 is 0.627. The van der Waals surface area contributed by atoms with Gasteiger partial charge in [-0.25, -0.2) is 0 Å². The molecule has 0 radical (unpaired) electrons. The van der Waals surface area contributed by atoms with Crippen molar-refractivity contribution in [2.45, 2.75) is 4.30 Å². The van der Waals surface area contributed by atoms with Crippen molar-refractivity contribution in [3.8, 4) is 0 Å². The molecule has 0 aliphatic carbocycles. The van der Waals surface area contributed by atoms with Crippen LogP contribution in [0.15, 0.2) is 121 Å². The van der Waals surface area contributed by atoms with Gasteiger partial charge in [-0.1, -0.05) is 0 Å². The normalized spacial score (nSPS) is 11.3. The number of halogens is 1. The molecular formula is C25H21IP2Se. The zero-order chi connectivity index (χ0) is 19.9. The monoisotopic (exact) mass is 590 g/mol. The number of rotatable bonds is 7. The van der Waals surface area contributed by atoms with E-state index < -0.39 is 15.8 Å². The van der Waals surface area contributed by atoms with Gasteiger partial charge < -0.3 is 0 Å². The van der Waals surface area contributed by atoms with Gasteiger partial charge >= 0.3 is 195 Å². The Hall–Kier alpha value is -1.01. The van der Waals surface area contributed by atoms with E-state index in [1.165, 1.54) is 21.2 Å². The summed E-state index contributed by atoms with van der Waals surface area (Å²) in [4.78, 5) is 0. The molecule has 0 heterocycles. The van der Waals surface area contributed by atoms with Crippen LogP contribution in [0, 0.1) is 0 Å². The molecule has 0 saturated heterocycles. The summed E-state index contributed by atoms with van der Waals surface area (Å²) in [5, 5.41) is 5.93. The van der Waals surface area contributed by atoms with E-state index in [4.69, 9.17) is 0 Å². The molecule has 0 amide bonds. The topological polar surface area (TPSA) is 0 Å². The predicted octanol–water partition coefficient (Wildman–Crippen LogP) is 5.59. The van der Waals surface area contributed by atoms with Crippen LogP contribution >= 0.6 is 36.2 Å². The van der Waals surface area contributed by atoms with Gasteiger partial charge in [-0.3, -0.25) is 0 Å². The van der Waals surface area contributed by atoms with Crippen molar-refractivity contribution in [2.24, 2.45) is 0 Å². The Labute approximate surface area is 193 Å². The maximum absolute atomic E-state index is 2.68. The molecule has 0 nitrogen and oxygen atoms in total. The molecule has 0 spiro atoms. The molecule has 144 valence electrons. The SMILES string of the molecule is I[Se]C(P(c1ccccc1)c1ccccc1)P(c1ccccc1)c1ccccc1. The summed E-state index contributed by atoms with van der Waals surface area (Å²) in [6, 6.07) is 44.7. The Balaban J connectivity index is 1.88. The predicted molar refractivity (Wildman–Crippen MR) is 142 cm³/mol. The van der Waals surface area contributed by atoms with E-state index >= 15 is 0 Å². The van der Waals surface area contributed by atoms with Gasteiger partial charge in [0.05, 0.1) is 0 Å². The third-order valence-electron chi connectivity index (χ3n) is 4.66. The molecule has 0 bridgehead atoms. The first-order valence-corrected chi connectivity index (χ1v) is 18.5. The van der Waals surface area contributed by atoms with Crippen molar-refractivity contribution in [2.75, 3.05) is 0 Å². The minimum atomic E-state index is -0.452. The first-order chi connectivity index (χ1) is 14.4. The Morgan fingerprint density at radius 3 is 0.897 bits per heavy atom. The summed E-state index contributed by atoms with van der Waals surface area (Å²) >= 11 is 3.16. The van der Waals surface area contributed by atoms with Gasteiger partial charge in [-0.05, 0) is 0 Å². The van der Waals surface area contributed by atoms with Gasteiger partial charge in [0.25, 0.3) is 0 Å². The number of hydrogen-bond donors (Lipinski definition) is 0. The Morgan fingerprint density at radius 2 is 0.690 bits per heavy atom. The first-order valence-electron chi connectivity index (χ1n) is 9.44. The Bertz CT molecular complexity index is 836. The molecule has 0 N–H and O–H groups in total. The van der Waals surface area contributed by atoms with E-state index in [0.29, 0.717) is 16.0 Å². The average molecular weight is 589 g/mol. The maximum atomic E-state index is 2.68. The van der Waals surface area contributed by atoms with E-state index in [1.807, 2.05) is 0 Å².